The molecule has 0 saturated carbocycles. The van der Waals surface area contributed by atoms with Crippen molar-refractivity contribution in [1.29, 1.82) is 0 Å². The van der Waals surface area contributed by atoms with Gasteiger partial charge in [-0.25, -0.2) is 9.59 Å². The number of nitrogens with one attached hydrogen (secondary N) is 4. The fourth-order valence-corrected chi connectivity index (χ4v) is 5.91. The molecule has 4 rings (SSSR count). The molecule has 3 amide bonds. The van der Waals surface area contributed by atoms with E-state index in [9.17, 15) is 44.3 Å². The largest absolute Gasteiger partial charge is 0.480 e. The highest BCUT2D eigenvalue weighted by Gasteiger charge is 2.39. The number of nitrogens with zero attached hydrogens (tertiary/aromatic N) is 2. The summed E-state index contributed by atoms with van der Waals surface area (Å²) in [6, 6.07) is 16.3. The zero-order chi connectivity index (χ0) is 38.2. The van der Waals surface area contributed by atoms with E-state index in [1.807, 2.05) is 20.8 Å². The Balaban J connectivity index is 1.53. The van der Waals surface area contributed by atoms with E-state index < -0.39 is 52.7 Å². The van der Waals surface area contributed by atoms with E-state index in [0.29, 0.717) is 33.6 Å². The molecule has 6 N–H and O–H groups in total. The molecule has 0 spiro atoms. The molecule has 1 heterocycles. The van der Waals surface area contributed by atoms with Crippen molar-refractivity contribution in [2.75, 3.05) is 10.6 Å². The first-order chi connectivity index (χ1) is 24.5. The predicted molar refractivity (Wildman–Crippen MR) is 191 cm³/mol. The zero-order valence-corrected chi connectivity index (χ0v) is 29.2. The quantitative estimate of drug-likeness (QED) is 0.0974. The van der Waals surface area contributed by atoms with Crippen molar-refractivity contribution in [2.45, 2.75) is 71.6 Å². The number of anilines is 2. The molecule has 0 saturated heterocycles. The van der Waals surface area contributed by atoms with Crippen molar-refractivity contribution in [3.05, 3.63) is 117 Å². The first-order valence-corrected chi connectivity index (χ1v) is 16.5. The molecule has 274 valence electrons. The van der Waals surface area contributed by atoms with Gasteiger partial charge in [-0.15, -0.1) is 0 Å². The van der Waals surface area contributed by atoms with Crippen molar-refractivity contribution in [1.82, 2.24) is 15.5 Å². The van der Waals surface area contributed by atoms with Crippen LogP contribution in [0.5, 0.6) is 0 Å². The summed E-state index contributed by atoms with van der Waals surface area (Å²) >= 11 is 0. The minimum Gasteiger partial charge on any atom is -0.480 e. The van der Waals surface area contributed by atoms with Crippen molar-refractivity contribution >= 4 is 41.0 Å². The number of carbonyl (C=O) groups excluding carboxylic acids is 3. The van der Waals surface area contributed by atoms with Crippen LogP contribution in [0.15, 0.2) is 84.8 Å². The van der Waals surface area contributed by atoms with E-state index in [4.69, 9.17) is 0 Å². The van der Waals surface area contributed by atoms with Crippen LogP contribution < -0.4 is 21.3 Å². The molecule has 3 aromatic rings. The molecule has 3 aromatic carbocycles. The third-order valence-electron chi connectivity index (χ3n) is 8.21. The molecule has 0 aliphatic carbocycles. The molecule has 1 aliphatic rings. The summed E-state index contributed by atoms with van der Waals surface area (Å²) in [7, 11) is 0. The van der Waals surface area contributed by atoms with Crippen LogP contribution in [-0.2, 0) is 43.4 Å². The van der Waals surface area contributed by atoms with E-state index in [1.165, 1.54) is 11.8 Å². The molecule has 15 heteroatoms. The lowest BCUT2D eigenvalue weighted by Gasteiger charge is -2.25. The highest BCUT2D eigenvalue weighted by molar-refractivity contribution is 5.92. The molecule has 1 aliphatic heterocycles. The van der Waals surface area contributed by atoms with E-state index >= 15 is 0 Å². The topological polar surface area (TPSA) is 220 Å². The van der Waals surface area contributed by atoms with Gasteiger partial charge in [0.25, 0.3) is 6.20 Å². The van der Waals surface area contributed by atoms with E-state index in [2.05, 4.69) is 21.3 Å². The fourth-order valence-electron chi connectivity index (χ4n) is 5.91. The highest BCUT2D eigenvalue weighted by atomic mass is 16.6. The number of fused-ring (bicyclic) bond motifs is 1. The van der Waals surface area contributed by atoms with Crippen molar-refractivity contribution in [2.24, 2.45) is 5.41 Å². The number of aliphatic carboxylic acids is 2. The molecule has 52 heavy (non-hydrogen) atoms. The Bertz CT molecular complexity index is 1870. The van der Waals surface area contributed by atoms with Crippen LogP contribution in [0, 0.1) is 15.5 Å². The summed E-state index contributed by atoms with van der Waals surface area (Å²) in [4.78, 5) is 75.6. The van der Waals surface area contributed by atoms with Gasteiger partial charge in [-0.05, 0) is 51.9 Å². The normalized spacial score (nSPS) is 15.1. The maximum absolute atomic E-state index is 13.8. The maximum atomic E-state index is 13.8. The third kappa shape index (κ3) is 10.6. The molecular formula is C37H42N6O9. The van der Waals surface area contributed by atoms with Crippen molar-refractivity contribution in [3.63, 3.8) is 0 Å². The number of benzene rings is 3. The molecule has 3 unspecified atom stereocenters. The Morgan fingerprint density at radius 2 is 1.42 bits per heavy atom. The second-order valence-electron chi connectivity index (χ2n) is 13.7. The second kappa shape index (κ2) is 16.6. The van der Waals surface area contributed by atoms with Crippen LogP contribution in [0.1, 0.15) is 62.4 Å². The monoisotopic (exact) mass is 714 g/mol. The fraction of sp³-hybridized carbons (Fsp3) is 0.324. The zero-order valence-electron chi connectivity index (χ0n) is 29.2. The number of carboxylic acids is 2. The Labute approximate surface area is 300 Å². The maximum Gasteiger partial charge on any atom is 0.326 e. The third-order valence-corrected chi connectivity index (χ3v) is 8.21. The second-order valence-corrected chi connectivity index (χ2v) is 13.7. The number of carbonyl (C=O) groups is 5. The summed E-state index contributed by atoms with van der Waals surface area (Å²) < 4.78 is 0. The van der Waals surface area contributed by atoms with Gasteiger partial charge >= 0.3 is 11.9 Å². The van der Waals surface area contributed by atoms with Gasteiger partial charge in [0.1, 0.15) is 18.1 Å². The number of nitro groups is 1. The molecule has 0 fully saturated rings. The number of hydrogen-bond donors (Lipinski definition) is 6. The van der Waals surface area contributed by atoms with Crippen LogP contribution in [0.4, 0.5) is 11.4 Å². The molecular weight excluding hydrogens is 672 g/mol. The summed E-state index contributed by atoms with van der Waals surface area (Å²) in [5.74, 6) is -4.13. The van der Waals surface area contributed by atoms with Gasteiger partial charge in [0.15, 0.2) is 5.82 Å². The smallest absolute Gasteiger partial charge is 0.326 e. The number of hydrogen-bond acceptors (Lipinski definition) is 9. The van der Waals surface area contributed by atoms with Crippen LogP contribution >= 0.6 is 0 Å². The molecule has 3 atom stereocenters. The minimum absolute atomic E-state index is 0.0246. The Morgan fingerprint density at radius 3 is 1.96 bits per heavy atom. The molecule has 0 radical (unpaired) electrons. The van der Waals surface area contributed by atoms with Gasteiger partial charge in [-0.1, -0.05) is 69.3 Å². The summed E-state index contributed by atoms with van der Waals surface area (Å²) in [5, 5.41) is 42.3. The predicted octanol–water partition coefficient (Wildman–Crippen LogP) is 4.05. The van der Waals surface area contributed by atoms with E-state index in [0.717, 1.165) is 6.20 Å². The van der Waals surface area contributed by atoms with Crippen LogP contribution in [0.3, 0.4) is 0 Å². The molecule has 0 aromatic heterocycles. The van der Waals surface area contributed by atoms with Gasteiger partial charge in [-0.2, -0.15) is 0 Å². The average Bonchev–Trinajstić information content (AvgIpc) is 3.43. The Kier molecular flexibility index (Phi) is 12.3. The van der Waals surface area contributed by atoms with Crippen LogP contribution in [-0.4, -0.2) is 61.8 Å². The highest BCUT2D eigenvalue weighted by Crippen LogP contribution is 2.36. The van der Waals surface area contributed by atoms with Crippen LogP contribution in [0.2, 0.25) is 0 Å². The average molecular weight is 715 g/mol. The minimum atomic E-state index is -1.45. The van der Waals surface area contributed by atoms with Gasteiger partial charge in [-0.3, -0.25) is 24.5 Å². The van der Waals surface area contributed by atoms with Gasteiger partial charge < -0.3 is 36.4 Å². The lowest BCUT2D eigenvalue weighted by atomic mass is 9.91. The Hall–Kier alpha value is -6.25. The van der Waals surface area contributed by atoms with E-state index in [1.54, 1.807) is 72.8 Å². The summed E-state index contributed by atoms with van der Waals surface area (Å²) in [6.07, 6.45) is 0.553. The number of rotatable bonds is 15. The van der Waals surface area contributed by atoms with Gasteiger partial charge in [0.2, 0.25) is 17.7 Å². The first-order valence-electron chi connectivity index (χ1n) is 16.5. The Morgan fingerprint density at radius 1 is 0.865 bits per heavy atom. The van der Waals surface area contributed by atoms with Crippen molar-refractivity contribution in [3.8, 4) is 0 Å². The lowest BCUT2D eigenvalue weighted by molar-refractivity contribution is -0.403. The lowest BCUT2D eigenvalue weighted by Crippen LogP contribution is -2.47. The number of para-hydroxylation sites is 1. The molecule has 0 bridgehead atoms. The number of amides is 3. The SMILES string of the molecule is CC(=O)N1Cc2cc(N/C(=C/[N+](=O)[O-])Nc3ccccc3)ccc2C1C(=O)NC(Cc1ccccc1CC(NC(=O)CC(C)(C)C)C(=O)O)C(=O)O. The van der Waals surface area contributed by atoms with Gasteiger partial charge in [0.05, 0.1) is 4.92 Å². The first kappa shape index (κ1) is 38.6. The standard InChI is InChI=1S/C37H42N6O9/c1-22(44)42-20-25-16-27(39-31(21-43(51)52)38-26-12-6-5-7-13-26)14-15-28(25)33(42)34(46)41-30(36(49)50)18-24-11-9-8-10-23(24)17-29(35(47)48)40-32(45)19-37(2,3)4/h5-16,21,29-30,33,38-39H,17-20H2,1-4H3,(H,40,45)(H,41,46)(H,47,48)(H,49,50)/b31-21+. The van der Waals surface area contributed by atoms with E-state index in [-0.39, 0.29) is 37.0 Å². The molecule has 15 nitrogen and oxygen atoms in total. The summed E-state index contributed by atoms with van der Waals surface area (Å²) in [6.45, 7) is 6.88. The van der Waals surface area contributed by atoms with Crippen molar-refractivity contribution < 1.29 is 39.1 Å². The van der Waals surface area contributed by atoms with Crippen LogP contribution in [0.25, 0.3) is 0 Å². The summed E-state index contributed by atoms with van der Waals surface area (Å²) in [5.41, 5.74) is 2.64. The number of carboxylic acid groups (broad SMARTS) is 2. The van der Waals surface area contributed by atoms with Gasteiger partial charge in [0, 0.05) is 44.1 Å².